The number of anilines is 1. The molecule has 2 saturated carbocycles. The van der Waals surface area contributed by atoms with Gasteiger partial charge in [0.25, 0.3) is 0 Å². The lowest BCUT2D eigenvalue weighted by atomic mass is 9.63. The molecule has 29 heavy (non-hydrogen) atoms. The summed E-state index contributed by atoms with van der Waals surface area (Å²) in [6.45, 7) is 0.842. The largest absolute Gasteiger partial charge is 0.416 e. The highest BCUT2D eigenvalue weighted by Crippen LogP contribution is 2.65. The Labute approximate surface area is 165 Å². The van der Waals surface area contributed by atoms with Gasteiger partial charge in [0.2, 0.25) is 17.7 Å². The number of allylic oxidation sites excluding steroid dienone is 2. The molecule has 6 atom stereocenters. The van der Waals surface area contributed by atoms with E-state index in [1.807, 2.05) is 12.2 Å². The maximum atomic E-state index is 13.1. The molecule has 0 unspecified atom stereocenters. The van der Waals surface area contributed by atoms with Gasteiger partial charge in [0, 0.05) is 12.6 Å². The first kappa shape index (κ1) is 18.4. The highest BCUT2D eigenvalue weighted by atomic mass is 19.4. The standard InChI is InChI=1S/C21H19F3N2O3/c1-10(27)25(12-4-2-3-11(7-12)21(22,23)24)9-26-19(28)17-13-5-6-14(16-8-15(13)16)18(17)20(26)29/h2-7,13-18H,8-9H2,1H3/t13-,14+,15-,16-,17+,18+/m1/s1. The third-order valence-electron chi connectivity index (χ3n) is 6.90. The second-order valence-electron chi connectivity index (χ2n) is 8.40. The molecular weight excluding hydrogens is 385 g/mol. The fourth-order valence-corrected chi connectivity index (χ4v) is 5.51. The summed E-state index contributed by atoms with van der Waals surface area (Å²) in [6, 6.07) is 4.35. The zero-order chi connectivity index (χ0) is 20.7. The maximum Gasteiger partial charge on any atom is 0.416 e. The van der Waals surface area contributed by atoms with Crippen molar-refractivity contribution in [2.45, 2.75) is 19.5 Å². The molecule has 3 fully saturated rings. The molecule has 1 aromatic carbocycles. The van der Waals surface area contributed by atoms with E-state index < -0.39 is 29.5 Å². The van der Waals surface area contributed by atoms with E-state index in [0.29, 0.717) is 11.8 Å². The van der Waals surface area contributed by atoms with Crippen LogP contribution in [0.3, 0.4) is 0 Å². The Morgan fingerprint density at radius 1 is 1.10 bits per heavy atom. The van der Waals surface area contributed by atoms with E-state index in [1.54, 1.807) is 0 Å². The van der Waals surface area contributed by atoms with Crippen LogP contribution in [-0.2, 0) is 20.6 Å². The first-order valence-electron chi connectivity index (χ1n) is 9.67. The van der Waals surface area contributed by atoms with Crippen LogP contribution in [0.2, 0.25) is 0 Å². The number of imide groups is 1. The number of nitrogens with zero attached hydrogens (tertiary/aromatic N) is 2. The molecule has 0 radical (unpaired) electrons. The molecule has 1 aliphatic heterocycles. The van der Waals surface area contributed by atoms with E-state index in [4.69, 9.17) is 0 Å². The molecule has 1 aromatic rings. The average molecular weight is 404 g/mol. The lowest BCUT2D eigenvalue weighted by Crippen LogP contribution is -2.44. The van der Waals surface area contributed by atoms with Crippen LogP contribution in [0.25, 0.3) is 0 Å². The van der Waals surface area contributed by atoms with E-state index in [1.165, 1.54) is 19.1 Å². The molecule has 152 valence electrons. The number of rotatable bonds is 3. The molecule has 1 heterocycles. The third-order valence-corrected chi connectivity index (χ3v) is 6.90. The predicted molar refractivity (Wildman–Crippen MR) is 96.0 cm³/mol. The Balaban J connectivity index is 1.44. The minimum Gasteiger partial charge on any atom is -0.294 e. The molecule has 4 aliphatic carbocycles. The monoisotopic (exact) mass is 404 g/mol. The Kier molecular flexibility index (Phi) is 3.76. The van der Waals surface area contributed by atoms with E-state index in [0.717, 1.165) is 28.4 Å². The van der Waals surface area contributed by atoms with Crippen LogP contribution in [-0.4, -0.2) is 29.3 Å². The van der Waals surface area contributed by atoms with Crippen molar-refractivity contribution in [1.82, 2.24) is 4.90 Å². The van der Waals surface area contributed by atoms with E-state index in [9.17, 15) is 27.6 Å². The molecule has 8 heteroatoms. The van der Waals surface area contributed by atoms with Crippen molar-refractivity contribution in [2.75, 3.05) is 11.6 Å². The predicted octanol–water partition coefficient (Wildman–Crippen LogP) is 3.07. The lowest BCUT2D eigenvalue weighted by molar-refractivity contribution is -0.141. The summed E-state index contributed by atoms with van der Waals surface area (Å²) >= 11 is 0. The molecule has 5 aliphatic rings. The molecule has 3 amide bonds. The summed E-state index contributed by atoms with van der Waals surface area (Å²) in [5.74, 6) is -0.972. The maximum absolute atomic E-state index is 13.1. The number of benzene rings is 1. The SMILES string of the molecule is CC(=O)N(CN1C(=O)[C@H]2[C@@H]3C=C[C@@H]([C@H]4C[C@H]34)[C@@H]2C1=O)c1cccc(C(F)(F)F)c1. The number of amides is 3. The van der Waals surface area contributed by atoms with Crippen molar-refractivity contribution in [1.29, 1.82) is 0 Å². The summed E-state index contributed by atoms with van der Waals surface area (Å²) in [4.78, 5) is 40.5. The van der Waals surface area contributed by atoms with Gasteiger partial charge >= 0.3 is 6.18 Å². The van der Waals surface area contributed by atoms with Gasteiger partial charge in [0.1, 0.15) is 6.67 Å². The number of carbonyl (C=O) groups is 3. The van der Waals surface area contributed by atoms with Gasteiger partial charge in [0.05, 0.1) is 17.4 Å². The Morgan fingerprint density at radius 3 is 2.21 bits per heavy atom. The molecule has 0 N–H and O–H groups in total. The van der Waals surface area contributed by atoms with Gasteiger partial charge in [-0.1, -0.05) is 18.2 Å². The van der Waals surface area contributed by atoms with Crippen LogP contribution >= 0.6 is 0 Å². The summed E-state index contributed by atoms with van der Waals surface area (Å²) < 4.78 is 39.2. The van der Waals surface area contributed by atoms with Gasteiger partial charge in [-0.15, -0.1) is 0 Å². The molecule has 6 rings (SSSR count). The second-order valence-corrected chi connectivity index (χ2v) is 8.40. The van der Waals surface area contributed by atoms with Crippen LogP contribution in [0.5, 0.6) is 0 Å². The number of alkyl halides is 3. The summed E-state index contributed by atoms with van der Waals surface area (Å²) in [5, 5.41) is 0. The molecule has 1 saturated heterocycles. The van der Waals surface area contributed by atoms with Crippen molar-refractivity contribution in [3.05, 3.63) is 42.0 Å². The summed E-state index contributed by atoms with van der Waals surface area (Å²) in [6.07, 6.45) is 0.576. The minimum atomic E-state index is -4.56. The average Bonchev–Trinajstić information content (AvgIpc) is 3.45. The first-order valence-corrected chi connectivity index (χ1v) is 9.67. The Bertz CT molecular complexity index is 921. The van der Waals surface area contributed by atoms with Gasteiger partial charge in [-0.25, -0.2) is 0 Å². The summed E-state index contributed by atoms with van der Waals surface area (Å²) in [5.41, 5.74) is -0.886. The van der Waals surface area contributed by atoms with Crippen molar-refractivity contribution < 1.29 is 27.6 Å². The number of hydrogen-bond donors (Lipinski definition) is 0. The van der Waals surface area contributed by atoms with Gasteiger partial charge in [-0.05, 0) is 48.3 Å². The minimum absolute atomic E-state index is 0.00624. The Hall–Kier alpha value is -2.64. The number of halogens is 3. The third kappa shape index (κ3) is 2.64. The fraction of sp³-hybridized carbons (Fsp3) is 0.476. The molecule has 2 bridgehead atoms. The zero-order valence-electron chi connectivity index (χ0n) is 15.6. The van der Waals surface area contributed by atoms with Gasteiger partial charge in [0.15, 0.2) is 0 Å². The van der Waals surface area contributed by atoms with Gasteiger partial charge in [-0.3, -0.25) is 24.2 Å². The van der Waals surface area contributed by atoms with E-state index >= 15 is 0 Å². The lowest BCUT2D eigenvalue weighted by Gasteiger charge is -2.37. The fourth-order valence-electron chi connectivity index (χ4n) is 5.51. The van der Waals surface area contributed by atoms with Crippen LogP contribution in [0.15, 0.2) is 36.4 Å². The topological polar surface area (TPSA) is 57.7 Å². The molecule has 5 nitrogen and oxygen atoms in total. The van der Waals surface area contributed by atoms with E-state index in [2.05, 4.69) is 0 Å². The van der Waals surface area contributed by atoms with Crippen LogP contribution in [0, 0.1) is 35.5 Å². The quantitative estimate of drug-likeness (QED) is 0.575. The normalized spacial score (nSPS) is 34.3. The highest BCUT2D eigenvalue weighted by Gasteiger charge is 2.67. The second kappa shape index (κ2) is 5.93. The smallest absolute Gasteiger partial charge is 0.294 e. The van der Waals surface area contributed by atoms with Crippen LogP contribution in [0.1, 0.15) is 18.9 Å². The van der Waals surface area contributed by atoms with Crippen LogP contribution < -0.4 is 4.90 Å². The van der Waals surface area contributed by atoms with Crippen molar-refractivity contribution in [2.24, 2.45) is 35.5 Å². The number of hydrogen-bond acceptors (Lipinski definition) is 3. The number of carbonyl (C=O) groups excluding carboxylic acids is 3. The van der Waals surface area contributed by atoms with Crippen molar-refractivity contribution in [3.63, 3.8) is 0 Å². The van der Waals surface area contributed by atoms with Crippen LogP contribution in [0.4, 0.5) is 18.9 Å². The molecular formula is C21H19F3N2O3. The zero-order valence-corrected chi connectivity index (χ0v) is 15.6. The van der Waals surface area contributed by atoms with E-state index in [-0.39, 0.29) is 36.0 Å². The van der Waals surface area contributed by atoms with Gasteiger partial charge < -0.3 is 0 Å². The molecule has 0 aromatic heterocycles. The summed E-state index contributed by atoms with van der Waals surface area (Å²) in [7, 11) is 0. The molecule has 0 spiro atoms. The number of likely N-dealkylation sites (tertiary alicyclic amines) is 1. The van der Waals surface area contributed by atoms with Crippen molar-refractivity contribution >= 4 is 23.4 Å². The van der Waals surface area contributed by atoms with Gasteiger partial charge in [-0.2, -0.15) is 13.2 Å². The van der Waals surface area contributed by atoms with Crippen molar-refractivity contribution in [3.8, 4) is 0 Å². The Morgan fingerprint density at radius 2 is 1.69 bits per heavy atom. The first-order chi connectivity index (χ1) is 13.7. The highest BCUT2D eigenvalue weighted by molar-refractivity contribution is 6.07.